The summed E-state index contributed by atoms with van der Waals surface area (Å²) >= 11 is 2.74. The van der Waals surface area contributed by atoms with Gasteiger partial charge >= 0.3 is 0 Å². The molecule has 3 N–H and O–H groups in total. The van der Waals surface area contributed by atoms with Crippen LogP contribution in [0.5, 0.6) is 0 Å². The summed E-state index contributed by atoms with van der Waals surface area (Å²) in [5, 5.41) is 11.2. The number of anilines is 1. The van der Waals surface area contributed by atoms with Crippen molar-refractivity contribution >= 4 is 34.1 Å². The number of nitrogens with two attached hydrogens (primary N) is 1. The number of nitrogens with one attached hydrogen (secondary N) is 1. The van der Waals surface area contributed by atoms with Crippen molar-refractivity contribution in [2.75, 3.05) is 31.9 Å². The lowest BCUT2D eigenvalue weighted by Crippen LogP contribution is -2.48. The van der Waals surface area contributed by atoms with Crippen LogP contribution in [0.2, 0.25) is 0 Å². The van der Waals surface area contributed by atoms with Crippen LogP contribution in [0.15, 0.2) is 4.34 Å². The molecule has 0 aliphatic carbocycles. The molecular formula is C9H15N5OS2. The van der Waals surface area contributed by atoms with Gasteiger partial charge in [0, 0.05) is 26.2 Å². The van der Waals surface area contributed by atoms with Crippen LogP contribution >= 0.6 is 23.1 Å². The first-order chi connectivity index (χ1) is 8.16. The number of nitrogens with zero attached hydrogens (tertiary/aromatic N) is 3. The predicted molar refractivity (Wildman–Crippen MR) is 69.1 cm³/mol. The SMILES string of the molecule is CC(Sc1nnc(N)s1)C(=O)N1CCNCC1. The molecule has 1 saturated heterocycles. The summed E-state index contributed by atoms with van der Waals surface area (Å²) in [5.74, 6) is 0.158. The predicted octanol–water partition coefficient (Wildman–Crippen LogP) is 0.0327. The summed E-state index contributed by atoms with van der Waals surface area (Å²) in [6.45, 7) is 5.19. The molecule has 1 aromatic heterocycles. The van der Waals surface area contributed by atoms with Gasteiger partial charge in [-0.3, -0.25) is 4.79 Å². The second-order valence-corrected chi connectivity index (χ2v) is 6.34. The van der Waals surface area contributed by atoms with Crippen LogP contribution in [-0.2, 0) is 4.79 Å². The van der Waals surface area contributed by atoms with Crippen LogP contribution in [0.3, 0.4) is 0 Å². The Morgan fingerprint density at radius 2 is 2.24 bits per heavy atom. The molecule has 1 amide bonds. The number of hydrogen-bond acceptors (Lipinski definition) is 7. The van der Waals surface area contributed by atoms with Crippen molar-refractivity contribution in [1.82, 2.24) is 20.4 Å². The molecule has 0 spiro atoms. The zero-order valence-electron chi connectivity index (χ0n) is 9.55. The highest BCUT2D eigenvalue weighted by Crippen LogP contribution is 2.28. The fourth-order valence-corrected chi connectivity index (χ4v) is 3.48. The van der Waals surface area contributed by atoms with Crippen LogP contribution in [0.4, 0.5) is 5.13 Å². The summed E-state index contributed by atoms with van der Waals surface area (Å²) in [6, 6.07) is 0. The van der Waals surface area contributed by atoms with E-state index in [1.807, 2.05) is 11.8 Å². The van der Waals surface area contributed by atoms with E-state index in [1.165, 1.54) is 23.1 Å². The van der Waals surface area contributed by atoms with E-state index >= 15 is 0 Å². The minimum Gasteiger partial charge on any atom is -0.374 e. The smallest absolute Gasteiger partial charge is 0.235 e. The van der Waals surface area contributed by atoms with Crippen molar-refractivity contribution in [3.8, 4) is 0 Å². The number of amides is 1. The molecule has 2 rings (SSSR count). The minimum absolute atomic E-state index is 0.138. The van der Waals surface area contributed by atoms with Gasteiger partial charge in [0.25, 0.3) is 0 Å². The Bertz CT molecular complexity index is 390. The third-order valence-electron chi connectivity index (χ3n) is 2.48. The molecule has 1 atom stereocenters. The Morgan fingerprint density at radius 1 is 1.53 bits per heavy atom. The van der Waals surface area contributed by atoms with E-state index in [1.54, 1.807) is 0 Å². The van der Waals surface area contributed by atoms with E-state index in [0.29, 0.717) is 5.13 Å². The van der Waals surface area contributed by atoms with Gasteiger partial charge in [-0.1, -0.05) is 23.1 Å². The van der Waals surface area contributed by atoms with E-state index in [9.17, 15) is 4.79 Å². The number of hydrogen-bond donors (Lipinski definition) is 2. The highest BCUT2D eigenvalue weighted by Gasteiger charge is 2.23. The van der Waals surface area contributed by atoms with Crippen LogP contribution in [0.25, 0.3) is 0 Å². The van der Waals surface area contributed by atoms with E-state index < -0.39 is 0 Å². The van der Waals surface area contributed by atoms with Gasteiger partial charge in [0.05, 0.1) is 5.25 Å². The maximum Gasteiger partial charge on any atom is 0.235 e. The fourth-order valence-electron chi connectivity index (χ4n) is 1.61. The molecular weight excluding hydrogens is 258 g/mol. The Hall–Kier alpha value is -0.860. The highest BCUT2D eigenvalue weighted by molar-refractivity contribution is 8.02. The lowest BCUT2D eigenvalue weighted by Gasteiger charge is -2.29. The molecule has 8 heteroatoms. The zero-order valence-corrected chi connectivity index (χ0v) is 11.2. The topological polar surface area (TPSA) is 84.1 Å². The van der Waals surface area contributed by atoms with Crippen molar-refractivity contribution in [3.63, 3.8) is 0 Å². The molecule has 2 heterocycles. The summed E-state index contributed by atoms with van der Waals surface area (Å²) in [7, 11) is 0. The monoisotopic (exact) mass is 273 g/mol. The highest BCUT2D eigenvalue weighted by atomic mass is 32.2. The third-order valence-corrected chi connectivity index (χ3v) is 4.40. The first kappa shape index (κ1) is 12.6. The first-order valence-corrected chi connectivity index (χ1v) is 7.11. The second-order valence-electron chi connectivity index (χ2n) is 3.74. The lowest BCUT2D eigenvalue weighted by atomic mass is 10.3. The molecule has 0 aromatic carbocycles. The molecule has 0 bridgehead atoms. The van der Waals surface area contributed by atoms with Gasteiger partial charge in [0.2, 0.25) is 11.0 Å². The number of rotatable bonds is 3. The van der Waals surface area contributed by atoms with Gasteiger partial charge in [0.1, 0.15) is 0 Å². The summed E-state index contributed by atoms with van der Waals surface area (Å²) < 4.78 is 0.749. The van der Waals surface area contributed by atoms with E-state index in [2.05, 4.69) is 15.5 Å². The van der Waals surface area contributed by atoms with Crippen LogP contribution in [0, 0.1) is 0 Å². The van der Waals surface area contributed by atoms with Gasteiger partial charge in [0.15, 0.2) is 4.34 Å². The Morgan fingerprint density at radius 3 is 2.82 bits per heavy atom. The Balaban J connectivity index is 1.90. The number of nitrogen functional groups attached to an aromatic ring is 1. The van der Waals surface area contributed by atoms with Gasteiger partial charge in [-0.05, 0) is 6.92 Å². The standard InChI is InChI=1S/C9H15N5OS2/c1-6(16-9-13-12-8(10)17-9)7(15)14-4-2-11-3-5-14/h6,11H,2-5H2,1H3,(H2,10,12). The van der Waals surface area contributed by atoms with E-state index in [4.69, 9.17) is 5.73 Å². The minimum atomic E-state index is -0.138. The molecule has 1 unspecified atom stereocenters. The van der Waals surface area contributed by atoms with Crippen LogP contribution < -0.4 is 11.1 Å². The second kappa shape index (κ2) is 5.65. The molecule has 1 fully saturated rings. The zero-order chi connectivity index (χ0) is 12.3. The number of piperazine rings is 1. The number of aromatic nitrogens is 2. The van der Waals surface area contributed by atoms with E-state index in [-0.39, 0.29) is 11.2 Å². The average molecular weight is 273 g/mol. The quantitative estimate of drug-likeness (QED) is 0.756. The largest absolute Gasteiger partial charge is 0.374 e. The molecule has 1 aliphatic heterocycles. The fraction of sp³-hybridized carbons (Fsp3) is 0.667. The first-order valence-electron chi connectivity index (χ1n) is 5.42. The molecule has 1 aromatic rings. The molecule has 6 nitrogen and oxygen atoms in total. The van der Waals surface area contributed by atoms with Gasteiger partial charge in [-0.25, -0.2) is 0 Å². The van der Waals surface area contributed by atoms with Gasteiger partial charge < -0.3 is 16.0 Å². The third kappa shape index (κ3) is 3.30. The molecule has 0 radical (unpaired) electrons. The summed E-state index contributed by atoms with van der Waals surface area (Å²) in [6.07, 6.45) is 0. The van der Waals surface area contributed by atoms with E-state index in [0.717, 1.165) is 30.5 Å². The van der Waals surface area contributed by atoms with Gasteiger partial charge in [-0.15, -0.1) is 10.2 Å². The molecule has 17 heavy (non-hydrogen) atoms. The molecule has 0 saturated carbocycles. The van der Waals surface area contributed by atoms with Crippen molar-refractivity contribution in [2.45, 2.75) is 16.5 Å². The normalized spacial score (nSPS) is 18.1. The number of thioether (sulfide) groups is 1. The van der Waals surface area contributed by atoms with Crippen LogP contribution in [-0.4, -0.2) is 52.4 Å². The number of carbonyl (C=O) groups excluding carboxylic acids is 1. The van der Waals surface area contributed by atoms with Crippen molar-refractivity contribution < 1.29 is 4.79 Å². The van der Waals surface area contributed by atoms with Crippen molar-refractivity contribution in [1.29, 1.82) is 0 Å². The Kier molecular flexibility index (Phi) is 4.19. The van der Waals surface area contributed by atoms with Gasteiger partial charge in [-0.2, -0.15) is 0 Å². The average Bonchev–Trinajstić information content (AvgIpc) is 2.75. The van der Waals surface area contributed by atoms with Crippen molar-refractivity contribution in [3.05, 3.63) is 0 Å². The summed E-state index contributed by atoms with van der Waals surface area (Å²) in [4.78, 5) is 14.0. The molecule has 94 valence electrons. The number of carbonyl (C=O) groups is 1. The van der Waals surface area contributed by atoms with Crippen molar-refractivity contribution in [2.24, 2.45) is 0 Å². The lowest BCUT2D eigenvalue weighted by molar-refractivity contribution is -0.130. The Labute approximate surface area is 108 Å². The molecule has 1 aliphatic rings. The summed E-state index contributed by atoms with van der Waals surface area (Å²) in [5.41, 5.74) is 5.50. The maximum absolute atomic E-state index is 12.1. The maximum atomic E-state index is 12.1. The van der Waals surface area contributed by atoms with Crippen LogP contribution in [0.1, 0.15) is 6.92 Å².